The van der Waals surface area contributed by atoms with E-state index in [0.29, 0.717) is 18.5 Å². The zero-order valence-electron chi connectivity index (χ0n) is 15.8. The van der Waals surface area contributed by atoms with Gasteiger partial charge in [-0.05, 0) is 18.9 Å². The molecule has 0 bridgehead atoms. The summed E-state index contributed by atoms with van der Waals surface area (Å²) in [5, 5.41) is 7.66. The number of hydrogen-bond acceptors (Lipinski definition) is 3. The monoisotopic (exact) mass is 352 g/mol. The Morgan fingerprint density at radius 1 is 1.23 bits per heavy atom. The second kappa shape index (κ2) is 7.66. The van der Waals surface area contributed by atoms with Crippen molar-refractivity contribution in [2.24, 2.45) is 0 Å². The lowest BCUT2D eigenvalue weighted by Crippen LogP contribution is -3.06. The van der Waals surface area contributed by atoms with Crippen molar-refractivity contribution in [1.82, 2.24) is 19.9 Å². The molecular formula is C20H26N5O+. The first-order valence-electron chi connectivity index (χ1n) is 9.02. The van der Waals surface area contributed by atoms with Crippen LogP contribution in [0.1, 0.15) is 28.7 Å². The molecule has 0 aliphatic rings. The van der Waals surface area contributed by atoms with Gasteiger partial charge in [0.05, 0.1) is 44.1 Å². The summed E-state index contributed by atoms with van der Waals surface area (Å²) in [7, 11) is 4.13. The molecule has 0 saturated heterocycles. The molecule has 3 aromatic rings. The molecule has 0 aliphatic heterocycles. The molecule has 3 rings (SSSR count). The van der Waals surface area contributed by atoms with Crippen molar-refractivity contribution >= 4 is 11.6 Å². The zero-order valence-corrected chi connectivity index (χ0v) is 15.8. The number of carbonyl (C=O) groups excluding carboxylic acids is 1. The number of nitrogens with zero attached hydrogens (tertiary/aromatic N) is 3. The average molecular weight is 352 g/mol. The number of quaternary nitrogens is 1. The highest BCUT2D eigenvalue weighted by atomic mass is 16.1. The first-order chi connectivity index (χ1) is 12.5. The molecule has 1 aromatic carbocycles. The fourth-order valence-corrected chi connectivity index (χ4v) is 3.13. The topological polar surface area (TPSA) is 63.7 Å². The van der Waals surface area contributed by atoms with Crippen molar-refractivity contribution in [2.45, 2.75) is 20.3 Å². The third kappa shape index (κ3) is 3.46. The lowest BCUT2D eigenvalue weighted by atomic mass is 10.1. The largest absolute Gasteiger partial charge is 0.346 e. The highest BCUT2D eigenvalue weighted by Gasteiger charge is 2.19. The van der Waals surface area contributed by atoms with Crippen LogP contribution in [0.15, 0.2) is 36.5 Å². The van der Waals surface area contributed by atoms with E-state index in [-0.39, 0.29) is 5.91 Å². The Morgan fingerprint density at radius 3 is 2.62 bits per heavy atom. The smallest absolute Gasteiger partial charge is 0.254 e. The van der Waals surface area contributed by atoms with E-state index in [1.165, 1.54) is 4.90 Å². The summed E-state index contributed by atoms with van der Waals surface area (Å²) in [5.41, 5.74) is 5.28. The highest BCUT2D eigenvalue weighted by molar-refractivity contribution is 5.95. The van der Waals surface area contributed by atoms with Crippen molar-refractivity contribution in [3.63, 3.8) is 0 Å². The van der Waals surface area contributed by atoms with Crippen molar-refractivity contribution in [2.75, 3.05) is 27.2 Å². The second-order valence-electron chi connectivity index (χ2n) is 6.75. The van der Waals surface area contributed by atoms with Gasteiger partial charge in [0, 0.05) is 11.8 Å². The Bertz CT molecular complexity index is 915. The van der Waals surface area contributed by atoms with Crippen LogP contribution in [0.4, 0.5) is 0 Å². The van der Waals surface area contributed by atoms with E-state index < -0.39 is 0 Å². The fourth-order valence-electron chi connectivity index (χ4n) is 3.13. The minimum atomic E-state index is -0.0908. The van der Waals surface area contributed by atoms with Gasteiger partial charge in [0.1, 0.15) is 0 Å². The van der Waals surface area contributed by atoms with Crippen LogP contribution in [-0.4, -0.2) is 47.7 Å². The Kier molecular flexibility index (Phi) is 5.32. The zero-order chi connectivity index (χ0) is 18.7. The summed E-state index contributed by atoms with van der Waals surface area (Å²) in [4.78, 5) is 18.5. The molecule has 6 nitrogen and oxygen atoms in total. The van der Waals surface area contributed by atoms with Crippen LogP contribution in [0.25, 0.3) is 16.8 Å². The highest BCUT2D eigenvalue weighted by Crippen LogP contribution is 2.28. The maximum absolute atomic E-state index is 12.6. The number of carbonyl (C=O) groups is 1. The van der Waals surface area contributed by atoms with Gasteiger partial charge in [-0.2, -0.15) is 5.10 Å². The summed E-state index contributed by atoms with van der Waals surface area (Å²) in [6.45, 7) is 5.53. The summed E-state index contributed by atoms with van der Waals surface area (Å²) in [6, 6.07) is 10.1. The molecule has 0 atom stereocenters. The van der Waals surface area contributed by atoms with Crippen LogP contribution < -0.4 is 10.2 Å². The number of rotatable bonds is 6. The third-order valence-electron chi connectivity index (χ3n) is 4.47. The van der Waals surface area contributed by atoms with Crippen molar-refractivity contribution in [1.29, 1.82) is 0 Å². The van der Waals surface area contributed by atoms with E-state index >= 15 is 0 Å². The molecule has 2 N–H and O–H groups in total. The van der Waals surface area contributed by atoms with E-state index in [9.17, 15) is 4.79 Å². The summed E-state index contributed by atoms with van der Waals surface area (Å²) < 4.78 is 1.82. The standard InChI is InChI=1S/C20H25N5O/c1-5-17-16(20(26)21-11-12-24(3)4)13-22-19-18(14(2)23-25(17)19)15-9-7-6-8-10-15/h6-10,13H,5,11-12H2,1-4H3,(H,21,26)/p+1. The van der Waals surface area contributed by atoms with E-state index in [2.05, 4.69) is 41.6 Å². The van der Waals surface area contributed by atoms with Crippen molar-refractivity contribution in [3.8, 4) is 11.1 Å². The fraction of sp³-hybridized carbons (Fsp3) is 0.350. The van der Waals surface area contributed by atoms with Gasteiger partial charge < -0.3 is 10.2 Å². The van der Waals surface area contributed by atoms with Crippen LogP contribution in [0, 0.1) is 6.92 Å². The second-order valence-corrected chi connectivity index (χ2v) is 6.75. The summed E-state index contributed by atoms with van der Waals surface area (Å²) in [6.07, 6.45) is 2.38. The predicted molar refractivity (Wildman–Crippen MR) is 103 cm³/mol. The number of benzene rings is 1. The molecule has 26 heavy (non-hydrogen) atoms. The average Bonchev–Trinajstić information content (AvgIpc) is 2.97. The van der Waals surface area contributed by atoms with Crippen LogP contribution in [0.5, 0.6) is 0 Å². The van der Waals surface area contributed by atoms with Gasteiger partial charge >= 0.3 is 0 Å². The minimum Gasteiger partial charge on any atom is -0.346 e. The van der Waals surface area contributed by atoms with Crippen LogP contribution in [0.3, 0.4) is 0 Å². The van der Waals surface area contributed by atoms with Crippen molar-refractivity contribution in [3.05, 3.63) is 53.5 Å². The van der Waals surface area contributed by atoms with E-state index in [4.69, 9.17) is 0 Å². The molecule has 0 unspecified atom stereocenters. The summed E-state index contributed by atoms with van der Waals surface area (Å²) >= 11 is 0. The van der Waals surface area contributed by atoms with Gasteiger partial charge in [-0.15, -0.1) is 0 Å². The Labute approximate surface area is 153 Å². The minimum absolute atomic E-state index is 0.0908. The summed E-state index contributed by atoms with van der Waals surface area (Å²) in [5.74, 6) is -0.0908. The number of aromatic nitrogens is 3. The molecular weight excluding hydrogens is 326 g/mol. The maximum Gasteiger partial charge on any atom is 0.254 e. The van der Waals surface area contributed by atoms with Gasteiger partial charge in [-0.3, -0.25) is 4.79 Å². The Hall–Kier alpha value is -2.73. The molecule has 2 aromatic heterocycles. The van der Waals surface area contributed by atoms with Crippen LogP contribution in [0.2, 0.25) is 0 Å². The third-order valence-corrected chi connectivity index (χ3v) is 4.47. The Balaban J connectivity index is 2.02. The molecule has 136 valence electrons. The lowest BCUT2D eigenvalue weighted by molar-refractivity contribution is -0.856. The number of amides is 1. The number of fused-ring (bicyclic) bond motifs is 1. The van der Waals surface area contributed by atoms with E-state index in [1.807, 2.05) is 36.6 Å². The number of nitrogens with one attached hydrogen (secondary N) is 2. The Morgan fingerprint density at radius 2 is 1.96 bits per heavy atom. The molecule has 6 heteroatoms. The molecule has 0 spiro atoms. The van der Waals surface area contributed by atoms with E-state index in [0.717, 1.165) is 34.7 Å². The number of likely N-dealkylation sites (N-methyl/N-ethyl adjacent to an activating group) is 1. The lowest BCUT2D eigenvalue weighted by Gasteiger charge is -2.11. The quantitative estimate of drug-likeness (QED) is 0.699. The molecule has 0 fully saturated rings. The number of aryl methyl sites for hydroxylation is 2. The van der Waals surface area contributed by atoms with Gasteiger partial charge in [-0.25, -0.2) is 9.50 Å². The SMILES string of the molecule is CCc1c(C(=O)NCC[NH+](C)C)cnc2c(-c3ccccc3)c(C)nn12. The molecule has 2 heterocycles. The maximum atomic E-state index is 12.6. The molecule has 0 radical (unpaired) electrons. The van der Waals surface area contributed by atoms with Crippen LogP contribution in [-0.2, 0) is 6.42 Å². The van der Waals surface area contributed by atoms with Gasteiger partial charge in [0.15, 0.2) is 5.65 Å². The molecule has 1 amide bonds. The first kappa shape index (κ1) is 18.1. The van der Waals surface area contributed by atoms with Crippen LogP contribution >= 0.6 is 0 Å². The molecule has 0 saturated carbocycles. The van der Waals surface area contributed by atoms with Gasteiger partial charge in [0.25, 0.3) is 5.91 Å². The van der Waals surface area contributed by atoms with Crippen molar-refractivity contribution < 1.29 is 9.69 Å². The first-order valence-corrected chi connectivity index (χ1v) is 9.02. The van der Waals surface area contributed by atoms with E-state index in [1.54, 1.807) is 6.20 Å². The predicted octanol–water partition coefficient (Wildman–Crippen LogP) is 1.14. The van der Waals surface area contributed by atoms with Gasteiger partial charge in [0.2, 0.25) is 0 Å². The molecule has 0 aliphatic carbocycles. The number of hydrogen-bond donors (Lipinski definition) is 2. The normalized spacial score (nSPS) is 11.3. The van der Waals surface area contributed by atoms with Gasteiger partial charge in [-0.1, -0.05) is 37.3 Å².